The van der Waals surface area contributed by atoms with Gasteiger partial charge in [-0.05, 0) is 18.5 Å². The maximum absolute atomic E-state index is 8.74. The lowest BCUT2D eigenvalue weighted by atomic mass is 10.4. The molecule has 1 aromatic heterocycles. The van der Waals surface area contributed by atoms with Gasteiger partial charge in [0, 0.05) is 11.8 Å². The number of aliphatic imine (C=N–C) groups is 1. The van der Waals surface area contributed by atoms with Gasteiger partial charge >= 0.3 is 10.4 Å². The number of halogens is 1. The Bertz CT molecular complexity index is 485. The van der Waals surface area contributed by atoms with Gasteiger partial charge in [0.05, 0.1) is 0 Å². The second-order valence-corrected chi connectivity index (χ2v) is 3.85. The fraction of sp³-hybridized carbons (Fsp3) is 0.167. The SMILES string of the molecule is Cc1cc(N=C(N)N)nc(Cl)n1.O=S(=O)(O)O. The van der Waals surface area contributed by atoms with Crippen LogP contribution in [-0.4, -0.2) is 33.5 Å². The maximum Gasteiger partial charge on any atom is 0.394 e. The summed E-state index contributed by atoms with van der Waals surface area (Å²) in [4.78, 5) is 11.3. The zero-order valence-corrected chi connectivity index (χ0v) is 10.1. The molecular weight excluding hydrogens is 274 g/mol. The van der Waals surface area contributed by atoms with E-state index >= 15 is 0 Å². The van der Waals surface area contributed by atoms with E-state index in [1.54, 1.807) is 13.0 Å². The van der Waals surface area contributed by atoms with Gasteiger partial charge in [0.2, 0.25) is 5.28 Å². The molecule has 0 aromatic carbocycles. The van der Waals surface area contributed by atoms with Crippen LogP contribution >= 0.6 is 11.6 Å². The largest absolute Gasteiger partial charge is 0.394 e. The van der Waals surface area contributed by atoms with E-state index in [4.69, 9.17) is 40.6 Å². The first-order valence-corrected chi connectivity index (χ1v) is 5.66. The van der Waals surface area contributed by atoms with Crippen LogP contribution in [0.5, 0.6) is 0 Å². The third-order valence-corrected chi connectivity index (χ3v) is 1.23. The molecule has 0 fully saturated rings. The Balaban J connectivity index is 0.000000437. The molecule has 96 valence electrons. The van der Waals surface area contributed by atoms with E-state index in [1.807, 2.05) is 0 Å². The lowest BCUT2D eigenvalue weighted by Gasteiger charge is -1.96. The lowest BCUT2D eigenvalue weighted by Crippen LogP contribution is -2.22. The fourth-order valence-electron chi connectivity index (χ4n) is 0.706. The molecule has 0 saturated heterocycles. The van der Waals surface area contributed by atoms with Crippen molar-refractivity contribution in [2.75, 3.05) is 0 Å². The molecular formula is C6H10ClN5O4S. The van der Waals surface area contributed by atoms with E-state index in [1.165, 1.54) is 0 Å². The number of hydrogen-bond donors (Lipinski definition) is 4. The first kappa shape index (κ1) is 15.5. The summed E-state index contributed by atoms with van der Waals surface area (Å²) in [6.07, 6.45) is 0. The van der Waals surface area contributed by atoms with Crippen molar-refractivity contribution in [2.45, 2.75) is 6.92 Å². The molecule has 17 heavy (non-hydrogen) atoms. The van der Waals surface area contributed by atoms with Crippen LogP contribution < -0.4 is 11.5 Å². The Hall–Kier alpha value is -1.49. The quantitative estimate of drug-likeness (QED) is 0.236. The van der Waals surface area contributed by atoms with E-state index in [0.29, 0.717) is 5.82 Å². The number of hydrogen-bond acceptors (Lipinski definition) is 5. The first-order chi connectivity index (χ1) is 7.58. The van der Waals surface area contributed by atoms with Crippen LogP contribution in [-0.2, 0) is 10.4 Å². The van der Waals surface area contributed by atoms with E-state index in [2.05, 4.69) is 15.0 Å². The Morgan fingerprint density at radius 2 is 1.88 bits per heavy atom. The summed E-state index contributed by atoms with van der Waals surface area (Å²) in [5.41, 5.74) is 11.0. The second-order valence-electron chi connectivity index (χ2n) is 2.62. The monoisotopic (exact) mass is 283 g/mol. The average Bonchev–Trinajstić information content (AvgIpc) is 1.95. The van der Waals surface area contributed by atoms with E-state index < -0.39 is 10.4 Å². The minimum atomic E-state index is -4.67. The highest BCUT2D eigenvalue weighted by atomic mass is 35.5. The van der Waals surface area contributed by atoms with Crippen molar-refractivity contribution in [2.24, 2.45) is 16.5 Å². The number of rotatable bonds is 1. The highest BCUT2D eigenvalue weighted by Gasteiger charge is 1.97. The van der Waals surface area contributed by atoms with Gasteiger partial charge in [-0.3, -0.25) is 9.11 Å². The zero-order valence-electron chi connectivity index (χ0n) is 8.57. The fourth-order valence-corrected chi connectivity index (χ4v) is 0.926. The third-order valence-electron chi connectivity index (χ3n) is 1.06. The van der Waals surface area contributed by atoms with Gasteiger partial charge in [0.25, 0.3) is 0 Å². The van der Waals surface area contributed by atoms with Crippen molar-refractivity contribution in [3.05, 3.63) is 17.0 Å². The van der Waals surface area contributed by atoms with Gasteiger partial charge < -0.3 is 11.5 Å². The molecule has 0 aliphatic carbocycles. The number of guanidine groups is 1. The molecule has 1 aromatic rings. The van der Waals surface area contributed by atoms with Crippen molar-refractivity contribution in [1.29, 1.82) is 0 Å². The van der Waals surface area contributed by atoms with Gasteiger partial charge in [0.1, 0.15) is 0 Å². The Labute approximate surface area is 102 Å². The highest BCUT2D eigenvalue weighted by Crippen LogP contribution is 2.11. The third kappa shape index (κ3) is 10.8. The van der Waals surface area contributed by atoms with Gasteiger partial charge in [-0.2, -0.15) is 18.4 Å². The molecule has 0 atom stereocenters. The second kappa shape index (κ2) is 6.30. The van der Waals surface area contributed by atoms with Gasteiger partial charge in [-0.1, -0.05) is 0 Å². The molecule has 0 aliphatic rings. The molecule has 0 aliphatic heterocycles. The van der Waals surface area contributed by atoms with Crippen LogP contribution in [0.1, 0.15) is 5.69 Å². The summed E-state index contributed by atoms with van der Waals surface area (Å²) < 4.78 is 31.6. The topological polar surface area (TPSA) is 165 Å². The predicted octanol–water partition coefficient (Wildman–Crippen LogP) is -0.309. The highest BCUT2D eigenvalue weighted by molar-refractivity contribution is 7.79. The molecule has 11 heteroatoms. The molecule has 1 heterocycles. The van der Waals surface area contributed by atoms with Crippen molar-refractivity contribution in [3.63, 3.8) is 0 Å². The smallest absolute Gasteiger partial charge is 0.370 e. The summed E-state index contributed by atoms with van der Waals surface area (Å²) in [6, 6.07) is 1.63. The molecule has 6 N–H and O–H groups in total. The Morgan fingerprint density at radius 1 is 1.41 bits per heavy atom. The molecule has 0 bridgehead atoms. The van der Waals surface area contributed by atoms with Crippen LogP contribution in [0.2, 0.25) is 5.28 Å². The summed E-state index contributed by atoms with van der Waals surface area (Å²) >= 11 is 5.56. The van der Waals surface area contributed by atoms with Crippen molar-refractivity contribution in [1.82, 2.24) is 9.97 Å². The van der Waals surface area contributed by atoms with Crippen LogP contribution in [0.15, 0.2) is 11.1 Å². The van der Waals surface area contributed by atoms with E-state index in [9.17, 15) is 0 Å². The molecule has 0 saturated carbocycles. The van der Waals surface area contributed by atoms with Crippen molar-refractivity contribution < 1.29 is 17.5 Å². The Morgan fingerprint density at radius 3 is 2.24 bits per heavy atom. The summed E-state index contributed by atoms with van der Waals surface area (Å²) in [5, 5.41) is 0.134. The number of nitrogens with two attached hydrogens (primary N) is 2. The van der Waals surface area contributed by atoms with Crippen molar-refractivity contribution in [3.8, 4) is 0 Å². The van der Waals surface area contributed by atoms with Crippen LogP contribution in [0.4, 0.5) is 5.82 Å². The van der Waals surface area contributed by atoms with Gasteiger partial charge in [-0.15, -0.1) is 0 Å². The van der Waals surface area contributed by atoms with E-state index in [0.717, 1.165) is 5.69 Å². The van der Waals surface area contributed by atoms with Crippen LogP contribution in [0.3, 0.4) is 0 Å². The molecule has 0 spiro atoms. The minimum absolute atomic E-state index is 0.0517. The molecule has 0 unspecified atom stereocenters. The lowest BCUT2D eigenvalue weighted by molar-refractivity contribution is 0.381. The van der Waals surface area contributed by atoms with Gasteiger partial charge in [-0.25, -0.2) is 4.98 Å². The zero-order chi connectivity index (χ0) is 13.6. The normalized spacial score (nSPS) is 10.1. The first-order valence-electron chi connectivity index (χ1n) is 3.88. The van der Waals surface area contributed by atoms with E-state index in [-0.39, 0.29) is 11.2 Å². The summed E-state index contributed by atoms with van der Waals surface area (Å²) in [7, 11) is -4.67. The summed E-state index contributed by atoms with van der Waals surface area (Å²) in [5.74, 6) is 0.316. The Kier molecular flexibility index (Phi) is 5.74. The van der Waals surface area contributed by atoms with Crippen LogP contribution in [0.25, 0.3) is 0 Å². The molecule has 9 nitrogen and oxygen atoms in total. The van der Waals surface area contributed by atoms with Crippen molar-refractivity contribution >= 4 is 33.8 Å². The van der Waals surface area contributed by atoms with Gasteiger partial charge in [0.15, 0.2) is 11.8 Å². The predicted molar refractivity (Wildman–Crippen MR) is 61.4 cm³/mol. The molecule has 1 rings (SSSR count). The number of aromatic nitrogens is 2. The van der Waals surface area contributed by atoms with Crippen LogP contribution in [0, 0.1) is 6.92 Å². The molecule has 0 radical (unpaired) electrons. The number of aryl methyl sites for hydroxylation is 1. The maximum atomic E-state index is 8.74. The summed E-state index contributed by atoms with van der Waals surface area (Å²) in [6.45, 7) is 1.78. The molecule has 0 amide bonds. The average molecular weight is 284 g/mol. The minimum Gasteiger partial charge on any atom is -0.370 e. The number of nitrogens with zero attached hydrogens (tertiary/aromatic N) is 3. The standard InChI is InChI=1S/C6H8ClN5.H2O4S/c1-3-2-4(12-6(8)9)11-5(7)10-3;1-5(2,3)4/h2H,1H3,(H4,8,9,10,11,12);(H2,1,2,3,4).